The molecule has 0 saturated heterocycles. The van der Waals surface area contributed by atoms with Gasteiger partial charge in [-0.1, -0.05) is 30.3 Å². The maximum Gasteiger partial charge on any atom is 0.239 e. The summed E-state index contributed by atoms with van der Waals surface area (Å²) in [5.41, 5.74) is 7.07. The van der Waals surface area contributed by atoms with Crippen molar-refractivity contribution < 1.29 is 4.79 Å². The predicted octanol–water partition coefficient (Wildman–Crippen LogP) is 1.85. The second-order valence-electron chi connectivity index (χ2n) is 4.96. The van der Waals surface area contributed by atoms with Gasteiger partial charge in [0.2, 0.25) is 5.91 Å². The van der Waals surface area contributed by atoms with E-state index < -0.39 is 6.04 Å². The summed E-state index contributed by atoms with van der Waals surface area (Å²) in [6.07, 6.45) is 3.13. The summed E-state index contributed by atoms with van der Waals surface area (Å²) in [6.45, 7) is 0.862. The van der Waals surface area contributed by atoms with Crippen LogP contribution in [0.25, 0.3) is 0 Å². The minimum atomic E-state index is -0.416. The fourth-order valence-electron chi connectivity index (χ4n) is 2.02. The molecule has 2 N–H and O–H groups in total. The van der Waals surface area contributed by atoms with E-state index in [0.717, 1.165) is 12.1 Å². The average Bonchev–Trinajstić information content (AvgIpc) is 3.13. The maximum absolute atomic E-state index is 12.0. The molecule has 1 aromatic rings. The van der Waals surface area contributed by atoms with Crippen LogP contribution in [0.15, 0.2) is 30.3 Å². The van der Waals surface area contributed by atoms with Gasteiger partial charge in [-0.3, -0.25) is 4.79 Å². The first-order chi connectivity index (χ1) is 8.16. The van der Waals surface area contributed by atoms with Crippen molar-refractivity contribution in [3.63, 3.8) is 0 Å². The van der Waals surface area contributed by atoms with Gasteiger partial charge in [0.05, 0.1) is 6.04 Å². The van der Waals surface area contributed by atoms with Gasteiger partial charge in [0.25, 0.3) is 0 Å². The number of halogens is 1. The topological polar surface area (TPSA) is 46.3 Å². The van der Waals surface area contributed by atoms with Crippen LogP contribution in [0.3, 0.4) is 0 Å². The van der Waals surface area contributed by atoms with Gasteiger partial charge < -0.3 is 10.6 Å². The molecule has 0 bridgehead atoms. The molecule has 1 aliphatic carbocycles. The second kappa shape index (κ2) is 6.76. The number of nitrogens with zero attached hydrogens (tertiary/aromatic N) is 1. The third-order valence-corrected chi connectivity index (χ3v) is 3.22. The van der Waals surface area contributed by atoms with Gasteiger partial charge >= 0.3 is 0 Å². The van der Waals surface area contributed by atoms with E-state index in [0.29, 0.717) is 12.3 Å². The Hall–Kier alpha value is -1.06. The monoisotopic (exact) mass is 268 g/mol. The predicted molar refractivity (Wildman–Crippen MR) is 75.7 cm³/mol. The van der Waals surface area contributed by atoms with Crippen molar-refractivity contribution in [3.8, 4) is 0 Å². The van der Waals surface area contributed by atoms with Gasteiger partial charge in [-0.25, -0.2) is 0 Å². The number of likely N-dealkylation sites (N-methyl/N-ethyl adjacent to an activating group) is 1. The highest BCUT2D eigenvalue weighted by Gasteiger charge is 2.26. The number of hydrogen-bond acceptors (Lipinski definition) is 2. The standard InChI is InChI=1S/C14H20N2O.ClH/c1-16(10-12-7-8-12)14(17)13(15)9-11-5-3-2-4-6-11;/h2-6,12-13H,7-10,15H2,1H3;1H/t13-;/m0./s1. The fourth-order valence-corrected chi connectivity index (χ4v) is 2.02. The summed E-state index contributed by atoms with van der Waals surface area (Å²) in [5, 5.41) is 0. The molecule has 1 saturated carbocycles. The summed E-state index contributed by atoms with van der Waals surface area (Å²) in [5.74, 6) is 0.772. The van der Waals surface area contributed by atoms with Crippen LogP contribution in [0.4, 0.5) is 0 Å². The summed E-state index contributed by atoms with van der Waals surface area (Å²) in [6, 6.07) is 9.51. The molecule has 0 heterocycles. The van der Waals surface area contributed by atoms with Gasteiger partial charge in [-0.2, -0.15) is 0 Å². The number of benzene rings is 1. The molecule has 0 aromatic heterocycles. The summed E-state index contributed by atoms with van der Waals surface area (Å²) in [7, 11) is 1.85. The number of carbonyl (C=O) groups excluding carboxylic acids is 1. The zero-order chi connectivity index (χ0) is 12.3. The molecule has 3 nitrogen and oxygen atoms in total. The minimum absolute atomic E-state index is 0. The van der Waals surface area contributed by atoms with Crippen LogP contribution in [-0.4, -0.2) is 30.4 Å². The van der Waals surface area contributed by atoms with Gasteiger partial charge in [-0.15, -0.1) is 12.4 Å². The zero-order valence-corrected chi connectivity index (χ0v) is 11.5. The Labute approximate surface area is 115 Å². The maximum atomic E-state index is 12.0. The van der Waals surface area contributed by atoms with E-state index >= 15 is 0 Å². The van der Waals surface area contributed by atoms with Crippen molar-refractivity contribution in [3.05, 3.63) is 35.9 Å². The molecule has 2 rings (SSSR count). The molecule has 0 radical (unpaired) electrons. The molecule has 100 valence electrons. The van der Waals surface area contributed by atoms with Crippen molar-refractivity contribution >= 4 is 18.3 Å². The summed E-state index contributed by atoms with van der Waals surface area (Å²) in [4.78, 5) is 13.8. The van der Waals surface area contributed by atoms with Crippen molar-refractivity contribution in [1.82, 2.24) is 4.90 Å². The molecule has 0 spiro atoms. The molecule has 1 fully saturated rings. The van der Waals surface area contributed by atoms with E-state index in [2.05, 4.69) is 0 Å². The van der Waals surface area contributed by atoms with E-state index in [1.165, 1.54) is 12.8 Å². The lowest BCUT2D eigenvalue weighted by Gasteiger charge is -2.21. The molecule has 1 aliphatic rings. The molecular formula is C14H21ClN2O. The molecule has 4 heteroatoms. The molecule has 1 amide bonds. The quantitative estimate of drug-likeness (QED) is 0.886. The number of carbonyl (C=O) groups is 1. The van der Waals surface area contributed by atoms with Crippen molar-refractivity contribution in [2.75, 3.05) is 13.6 Å². The molecule has 1 atom stereocenters. The number of rotatable bonds is 5. The van der Waals surface area contributed by atoms with Gasteiger partial charge in [-0.05, 0) is 30.7 Å². The Morgan fingerprint density at radius 2 is 2.00 bits per heavy atom. The number of nitrogens with two attached hydrogens (primary N) is 1. The Bertz CT molecular complexity index is 379. The van der Waals surface area contributed by atoms with Crippen LogP contribution >= 0.6 is 12.4 Å². The normalized spacial score (nSPS) is 15.7. The van der Waals surface area contributed by atoms with Crippen molar-refractivity contribution in [2.45, 2.75) is 25.3 Å². The third kappa shape index (κ3) is 4.31. The molecule has 0 aliphatic heterocycles. The largest absolute Gasteiger partial charge is 0.344 e. The molecule has 0 unspecified atom stereocenters. The lowest BCUT2D eigenvalue weighted by atomic mass is 10.1. The fraction of sp³-hybridized carbons (Fsp3) is 0.500. The van der Waals surface area contributed by atoms with Gasteiger partial charge in [0.1, 0.15) is 0 Å². The van der Waals surface area contributed by atoms with Crippen molar-refractivity contribution in [2.24, 2.45) is 11.7 Å². The van der Waals surface area contributed by atoms with E-state index in [-0.39, 0.29) is 18.3 Å². The van der Waals surface area contributed by atoms with Crippen LogP contribution in [0.5, 0.6) is 0 Å². The second-order valence-corrected chi connectivity index (χ2v) is 4.96. The Morgan fingerprint density at radius 3 is 2.56 bits per heavy atom. The number of hydrogen-bond donors (Lipinski definition) is 1. The lowest BCUT2D eigenvalue weighted by molar-refractivity contribution is -0.131. The molecule has 18 heavy (non-hydrogen) atoms. The highest BCUT2D eigenvalue weighted by Crippen LogP contribution is 2.29. The molecular weight excluding hydrogens is 248 g/mol. The summed E-state index contributed by atoms with van der Waals surface area (Å²) < 4.78 is 0. The molecule has 1 aromatic carbocycles. The Kier molecular flexibility index (Phi) is 5.63. The van der Waals surface area contributed by atoms with Crippen LogP contribution in [0.1, 0.15) is 18.4 Å². The summed E-state index contributed by atoms with van der Waals surface area (Å²) >= 11 is 0. The Morgan fingerprint density at radius 1 is 1.39 bits per heavy atom. The van der Waals surface area contributed by atoms with Crippen LogP contribution < -0.4 is 5.73 Å². The highest BCUT2D eigenvalue weighted by molar-refractivity contribution is 5.85. The minimum Gasteiger partial charge on any atom is -0.344 e. The van der Waals surface area contributed by atoms with Crippen LogP contribution in [-0.2, 0) is 11.2 Å². The van der Waals surface area contributed by atoms with Gasteiger partial charge in [0.15, 0.2) is 0 Å². The first-order valence-electron chi connectivity index (χ1n) is 6.21. The van der Waals surface area contributed by atoms with E-state index in [1.54, 1.807) is 4.90 Å². The average molecular weight is 269 g/mol. The Balaban J connectivity index is 0.00000162. The zero-order valence-electron chi connectivity index (χ0n) is 10.7. The van der Waals surface area contributed by atoms with Crippen LogP contribution in [0.2, 0.25) is 0 Å². The first kappa shape index (κ1) is 15.0. The smallest absolute Gasteiger partial charge is 0.239 e. The number of amides is 1. The SMILES string of the molecule is CN(CC1CC1)C(=O)[C@@H](N)Cc1ccccc1.Cl. The lowest BCUT2D eigenvalue weighted by Crippen LogP contribution is -2.43. The highest BCUT2D eigenvalue weighted by atomic mass is 35.5. The van der Waals surface area contributed by atoms with Crippen LogP contribution in [0, 0.1) is 5.92 Å². The van der Waals surface area contributed by atoms with E-state index in [9.17, 15) is 4.79 Å². The van der Waals surface area contributed by atoms with Gasteiger partial charge in [0, 0.05) is 13.6 Å². The van der Waals surface area contributed by atoms with E-state index in [1.807, 2.05) is 37.4 Å². The first-order valence-corrected chi connectivity index (χ1v) is 6.21. The van der Waals surface area contributed by atoms with Crippen molar-refractivity contribution in [1.29, 1.82) is 0 Å². The third-order valence-electron chi connectivity index (χ3n) is 3.22. The van der Waals surface area contributed by atoms with E-state index in [4.69, 9.17) is 5.73 Å².